The first kappa shape index (κ1) is 17.2. The van der Waals surface area contributed by atoms with Crippen LogP contribution < -0.4 is 5.32 Å². The Morgan fingerprint density at radius 3 is 2.65 bits per heavy atom. The third-order valence-electron chi connectivity index (χ3n) is 3.88. The van der Waals surface area contributed by atoms with Crippen molar-refractivity contribution < 1.29 is 23.9 Å². The zero-order valence-corrected chi connectivity index (χ0v) is 13.7. The van der Waals surface area contributed by atoms with Crippen LogP contribution in [0.4, 0.5) is 0 Å². The minimum absolute atomic E-state index is 0.0427. The number of ketones is 1. The normalized spacial score (nSPS) is 17.1. The number of amides is 1. The number of esters is 1. The largest absolute Gasteiger partial charge is 0.451 e. The predicted molar refractivity (Wildman–Crippen MR) is 82.5 cm³/mol. The van der Waals surface area contributed by atoms with E-state index in [-0.39, 0.29) is 30.1 Å². The first-order valence-corrected chi connectivity index (χ1v) is 7.65. The minimum atomic E-state index is -0.648. The molecule has 2 rings (SSSR count). The lowest BCUT2D eigenvalue weighted by Gasteiger charge is -2.10. The maximum Gasteiger partial charge on any atom is 0.355 e. The molecule has 2 heterocycles. The van der Waals surface area contributed by atoms with Crippen LogP contribution in [0.25, 0.3) is 0 Å². The number of aryl methyl sites for hydroxylation is 1. The summed E-state index contributed by atoms with van der Waals surface area (Å²) in [6, 6.07) is 0. The molecule has 0 spiro atoms. The van der Waals surface area contributed by atoms with Crippen molar-refractivity contribution in [2.24, 2.45) is 0 Å². The number of hydrogen-bond donors (Lipinski definition) is 2. The molecule has 0 bridgehead atoms. The SMILES string of the molecule is CC(=O)c1c(C)[nH]c(C(=O)OCC(=O)NCC2CCCO2)c1C. The van der Waals surface area contributed by atoms with E-state index in [1.807, 2.05) is 0 Å². The van der Waals surface area contributed by atoms with Gasteiger partial charge in [0.05, 0.1) is 6.10 Å². The molecule has 0 aromatic carbocycles. The Labute approximate surface area is 134 Å². The molecule has 1 unspecified atom stereocenters. The molecule has 23 heavy (non-hydrogen) atoms. The van der Waals surface area contributed by atoms with E-state index in [4.69, 9.17) is 9.47 Å². The fraction of sp³-hybridized carbons (Fsp3) is 0.562. The molecule has 1 aromatic heterocycles. The molecule has 1 amide bonds. The molecular weight excluding hydrogens is 300 g/mol. The van der Waals surface area contributed by atoms with Crippen LogP contribution in [0.5, 0.6) is 0 Å². The van der Waals surface area contributed by atoms with Gasteiger partial charge in [0.1, 0.15) is 5.69 Å². The third kappa shape index (κ3) is 4.19. The number of aromatic amines is 1. The van der Waals surface area contributed by atoms with Gasteiger partial charge in [-0.25, -0.2) is 4.79 Å². The highest BCUT2D eigenvalue weighted by molar-refractivity contribution is 6.01. The monoisotopic (exact) mass is 322 g/mol. The van der Waals surface area contributed by atoms with Crippen molar-refractivity contribution >= 4 is 17.7 Å². The van der Waals surface area contributed by atoms with Gasteiger partial charge in [0.2, 0.25) is 0 Å². The molecular formula is C16H22N2O5. The van der Waals surface area contributed by atoms with E-state index in [0.717, 1.165) is 19.4 Å². The van der Waals surface area contributed by atoms with Gasteiger partial charge in [-0.1, -0.05) is 0 Å². The smallest absolute Gasteiger partial charge is 0.355 e. The summed E-state index contributed by atoms with van der Waals surface area (Å²) < 4.78 is 10.4. The van der Waals surface area contributed by atoms with Crippen molar-refractivity contribution in [3.63, 3.8) is 0 Å². The minimum Gasteiger partial charge on any atom is -0.451 e. The average molecular weight is 322 g/mol. The molecule has 0 aliphatic carbocycles. The Kier molecular flexibility index (Phi) is 5.54. The second-order valence-electron chi connectivity index (χ2n) is 5.70. The van der Waals surface area contributed by atoms with E-state index < -0.39 is 5.97 Å². The van der Waals surface area contributed by atoms with Crippen molar-refractivity contribution in [2.45, 2.75) is 39.7 Å². The maximum absolute atomic E-state index is 12.0. The molecule has 2 N–H and O–H groups in total. The number of carbonyl (C=O) groups excluding carboxylic acids is 3. The Morgan fingerprint density at radius 1 is 1.35 bits per heavy atom. The number of hydrogen-bond acceptors (Lipinski definition) is 5. The number of carbonyl (C=O) groups is 3. The number of aromatic nitrogens is 1. The zero-order chi connectivity index (χ0) is 17.0. The third-order valence-corrected chi connectivity index (χ3v) is 3.88. The van der Waals surface area contributed by atoms with Crippen LogP contribution in [0, 0.1) is 13.8 Å². The quantitative estimate of drug-likeness (QED) is 0.607. The summed E-state index contributed by atoms with van der Waals surface area (Å²) in [5.74, 6) is -1.14. The first-order chi connectivity index (χ1) is 10.9. The Hall–Kier alpha value is -2.15. The van der Waals surface area contributed by atoms with Gasteiger partial charge in [0, 0.05) is 24.4 Å². The molecule has 1 aliphatic rings. The van der Waals surface area contributed by atoms with Gasteiger partial charge < -0.3 is 19.8 Å². The Bertz CT molecular complexity index is 614. The summed E-state index contributed by atoms with van der Waals surface area (Å²) in [4.78, 5) is 38.1. The van der Waals surface area contributed by atoms with Gasteiger partial charge in [-0.2, -0.15) is 0 Å². The average Bonchev–Trinajstić information content (AvgIpc) is 3.10. The van der Waals surface area contributed by atoms with Crippen molar-refractivity contribution in [1.29, 1.82) is 0 Å². The van der Waals surface area contributed by atoms with E-state index >= 15 is 0 Å². The van der Waals surface area contributed by atoms with Gasteiger partial charge in [-0.05, 0) is 39.2 Å². The predicted octanol–water partition coefficient (Wildman–Crippen LogP) is 1.29. The van der Waals surface area contributed by atoms with Crippen molar-refractivity contribution in [3.8, 4) is 0 Å². The molecule has 1 aliphatic heterocycles. The number of ether oxygens (including phenoxy) is 2. The van der Waals surface area contributed by atoms with Crippen LogP contribution in [0.2, 0.25) is 0 Å². The van der Waals surface area contributed by atoms with Gasteiger partial charge in [0.25, 0.3) is 5.91 Å². The second kappa shape index (κ2) is 7.41. The maximum atomic E-state index is 12.0. The van der Waals surface area contributed by atoms with Crippen LogP contribution >= 0.6 is 0 Å². The van der Waals surface area contributed by atoms with E-state index in [1.165, 1.54) is 6.92 Å². The molecule has 1 aromatic rings. The number of Topliss-reactive ketones (excluding diaryl/α,β-unsaturated/α-hetero) is 1. The molecule has 126 valence electrons. The van der Waals surface area contributed by atoms with Crippen LogP contribution in [0.15, 0.2) is 0 Å². The molecule has 7 nitrogen and oxygen atoms in total. The van der Waals surface area contributed by atoms with E-state index in [1.54, 1.807) is 13.8 Å². The summed E-state index contributed by atoms with van der Waals surface area (Å²) in [5, 5.41) is 2.68. The van der Waals surface area contributed by atoms with Gasteiger partial charge >= 0.3 is 5.97 Å². The summed E-state index contributed by atoms with van der Waals surface area (Å²) in [6.07, 6.45) is 1.97. The van der Waals surface area contributed by atoms with Crippen LogP contribution in [0.1, 0.15) is 51.9 Å². The lowest BCUT2D eigenvalue weighted by Crippen LogP contribution is -2.34. The topological polar surface area (TPSA) is 97.5 Å². The molecule has 0 saturated carbocycles. The van der Waals surface area contributed by atoms with Gasteiger partial charge in [-0.3, -0.25) is 9.59 Å². The highest BCUT2D eigenvalue weighted by atomic mass is 16.5. The lowest BCUT2D eigenvalue weighted by molar-refractivity contribution is -0.124. The summed E-state index contributed by atoms with van der Waals surface area (Å²) >= 11 is 0. The fourth-order valence-electron chi connectivity index (χ4n) is 2.77. The number of nitrogens with one attached hydrogen (secondary N) is 2. The Morgan fingerprint density at radius 2 is 2.09 bits per heavy atom. The Balaban J connectivity index is 1.86. The van der Waals surface area contributed by atoms with Gasteiger partial charge in [-0.15, -0.1) is 0 Å². The highest BCUT2D eigenvalue weighted by Gasteiger charge is 2.22. The van der Waals surface area contributed by atoms with E-state index in [9.17, 15) is 14.4 Å². The summed E-state index contributed by atoms with van der Waals surface area (Å²) in [6.45, 7) is 5.61. The number of rotatable bonds is 6. The lowest BCUT2D eigenvalue weighted by atomic mass is 10.1. The first-order valence-electron chi connectivity index (χ1n) is 7.65. The van der Waals surface area contributed by atoms with E-state index in [2.05, 4.69) is 10.3 Å². The second-order valence-corrected chi connectivity index (χ2v) is 5.70. The van der Waals surface area contributed by atoms with Crippen molar-refractivity contribution in [1.82, 2.24) is 10.3 Å². The van der Waals surface area contributed by atoms with E-state index in [0.29, 0.717) is 23.4 Å². The van der Waals surface area contributed by atoms with Crippen LogP contribution in [-0.2, 0) is 14.3 Å². The summed E-state index contributed by atoms with van der Waals surface area (Å²) in [5.41, 5.74) is 1.85. The van der Waals surface area contributed by atoms with Crippen molar-refractivity contribution in [2.75, 3.05) is 19.8 Å². The highest BCUT2D eigenvalue weighted by Crippen LogP contribution is 2.19. The zero-order valence-electron chi connectivity index (χ0n) is 13.7. The van der Waals surface area contributed by atoms with Crippen molar-refractivity contribution in [3.05, 3.63) is 22.5 Å². The van der Waals surface area contributed by atoms with Gasteiger partial charge in [0.15, 0.2) is 12.4 Å². The number of H-pyrrole nitrogens is 1. The van der Waals surface area contributed by atoms with Crippen LogP contribution in [-0.4, -0.2) is 48.5 Å². The van der Waals surface area contributed by atoms with Crippen LogP contribution in [0.3, 0.4) is 0 Å². The molecule has 1 saturated heterocycles. The fourth-order valence-corrected chi connectivity index (χ4v) is 2.77. The summed E-state index contributed by atoms with van der Waals surface area (Å²) in [7, 11) is 0. The molecule has 0 radical (unpaired) electrons. The molecule has 7 heteroatoms. The molecule has 1 atom stereocenters. The standard InChI is InChI=1S/C16H22N2O5/c1-9-14(11(3)19)10(2)18-15(9)16(21)23-8-13(20)17-7-12-5-4-6-22-12/h12,18H,4-8H2,1-3H3,(H,17,20). The molecule has 1 fully saturated rings.